The van der Waals surface area contributed by atoms with Gasteiger partial charge in [0.05, 0.1) is 23.6 Å². The zero-order chi connectivity index (χ0) is 19.8. The second-order valence-corrected chi connectivity index (χ2v) is 8.24. The number of fused-ring (bicyclic) bond motifs is 5. The Hall–Kier alpha value is -1.68. The molecule has 1 N–H and O–H groups in total. The van der Waals surface area contributed by atoms with Crippen LogP contribution in [0.1, 0.15) is 25.5 Å². The first kappa shape index (κ1) is 21.5. The van der Waals surface area contributed by atoms with Crippen molar-refractivity contribution in [2.24, 2.45) is 16.8 Å². The monoisotopic (exact) mass is 525 g/mol. The minimum Gasteiger partial charge on any atom is -0.374 e. The van der Waals surface area contributed by atoms with Crippen LogP contribution in [0.3, 0.4) is 0 Å². The summed E-state index contributed by atoms with van der Waals surface area (Å²) in [5.74, 6) is 2.12. The van der Waals surface area contributed by atoms with Crippen LogP contribution in [0.25, 0.3) is 5.69 Å². The van der Waals surface area contributed by atoms with Gasteiger partial charge < -0.3 is 15.0 Å². The summed E-state index contributed by atoms with van der Waals surface area (Å²) in [6, 6.07) is 8.36. The van der Waals surface area contributed by atoms with Crippen LogP contribution in [-0.2, 0) is 11.2 Å². The largest absolute Gasteiger partial charge is 0.374 e. The zero-order valence-corrected chi connectivity index (χ0v) is 19.5. The number of rotatable bonds is 5. The number of guanidine groups is 1. The van der Waals surface area contributed by atoms with Gasteiger partial charge in [-0.15, -0.1) is 24.0 Å². The number of aromatic nitrogens is 2. The van der Waals surface area contributed by atoms with Gasteiger partial charge in [0.1, 0.15) is 5.82 Å². The molecule has 0 aliphatic carbocycles. The molecule has 4 atom stereocenters. The van der Waals surface area contributed by atoms with Crippen LogP contribution >= 0.6 is 24.0 Å². The van der Waals surface area contributed by atoms with E-state index in [1.165, 1.54) is 25.0 Å². The number of hydrogen-bond acceptors (Lipinski definition) is 3. The number of ether oxygens (including phenoxy) is 1. The van der Waals surface area contributed by atoms with Crippen LogP contribution in [0.15, 0.2) is 41.5 Å². The molecule has 3 aliphatic heterocycles. The molecule has 3 fully saturated rings. The number of halogens is 2. The summed E-state index contributed by atoms with van der Waals surface area (Å²) in [7, 11) is 0. The van der Waals surface area contributed by atoms with Gasteiger partial charge in [0.25, 0.3) is 0 Å². The zero-order valence-electron chi connectivity index (χ0n) is 17.2. The quantitative estimate of drug-likeness (QED) is 0.370. The Balaban J connectivity index is 0.00000218. The Labute approximate surface area is 193 Å². The minimum absolute atomic E-state index is 0. The van der Waals surface area contributed by atoms with E-state index >= 15 is 0 Å². The first-order valence-corrected chi connectivity index (χ1v) is 10.7. The molecule has 3 aliphatic rings. The summed E-state index contributed by atoms with van der Waals surface area (Å²) in [5, 5.41) is 8.06. The van der Waals surface area contributed by atoms with Crippen LogP contribution in [0.5, 0.6) is 0 Å². The van der Waals surface area contributed by atoms with Gasteiger partial charge in [-0.2, -0.15) is 5.10 Å². The van der Waals surface area contributed by atoms with E-state index < -0.39 is 0 Å². The molecule has 0 saturated carbocycles. The van der Waals surface area contributed by atoms with Gasteiger partial charge in [0, 0.05) is 50.6 Å². The molecule has 3 saturated heterocycles. The molecule has 8 heteroatoms. The number of nitrogens with zero attached hydrogens (tertiary/aromatic N) is 4. The van der Waals surface area contributed by atoms with Crippen molar-refractivity contribution < 1.29 is 9.13 Å². The van der Waals surface area contributed by atoms with Crippen molar-refractivity contribution in [3.63, 3.8) is 0 Å². The lowest BCUT2D eigenvalue weighted by atomic mass is 9.82. The SMILES string of the molecule is CCNC(=NCCc1ccn(-c2ccc(F)cc2)n1)N1CC2C3CCC(O3)C2C1.I. The lowest BCUT2D eigenvalue weighted by molar-refractivity contribution is 0.0767. The van der Waals surface area contributed by atoms with Crippen LogP contribution in [-0.4, -0.2) is 59.0 Å². The third-order valence-corrected chi connectivity index (χ3v) is 6.45. The molecule has 162 valence electrons. The molecule has 2 bridgehead atoms. The molecule has 0 radical (unpaired) electrons. The smallest absolute Gasteiger partial charge is 0.193 e. The van der Waals surface area contributed by atoms with Crippen molar-refractivity contribution in [1.29, 1.82) is 0 Å². The maximum Gasteiger partial charge on any atom is 0.193 e. The standard InChI is InChI=1S/C22H28FN5O.HI/c1-2-24-22(27-13-18-19(14-27)21-8-7-20(18)29-21)25-11-9-16-10-12-28(26-16)17-5-3-15(23)4-6-17;/h3-6,10,12,18-21H,2,7-9,11,13-14H2,1H3,(H,24,25);1H. The predicted molar refractivity (Wildman–Crippen MR) is 125 cm³/mol. The highest BCUT2D eigenvalue weighted by atomic mass is 127. The van der Waals surface area contributed by atoms with E-state index in [9.17, 15) is 4.39 Å². The summed E-state index contributed by atoms with van der Waals surface area (Å²) in [6.45, 7) is 5.78. The number of aliphatic imine (C=N–C) groups is 1. The predicted octanol–water partition coefficient (Wildman–Crippen LogP) is 3.25. The number of nitrogens with one attached hydrogen (secondary N) is 1. The first-order chi connectivity index (χ1) is 14.2. The number of hydrogen-bond donors (Lipinski definition) is 1. The van der Waals surface area contributed by atoms with Gasteiger partial charge >= 0.3 is 0 Å². The van der Waals surface area contributed by atoms with E-state index in [0.717, 1.165) is 43.4 Å². The molecule has 6 nitrogen and oxygen atoms in total. The van der Waals surface area contributed by atoms with Crippen molar-refractivity contribution >= 4 is 29.9 Å². The summed E-state index contributed by atoms with van der Waals surface area (Å²) < 4.78 is 21.0. The summed E-state index contributed by atoms with van der Waals surface area (Å²) in [5.41, 5.74) is 1.84. The molecule has 30 heavy (non-hydrogen) atoms. The molecule has 0 amide bonds. The highest BCUT2D eigenvalue weighted by Crippen LogP contribution is 2.47. The highest BCUT2D eigenvalue weighted by molar-refractivity contribution is 14.0. The van der Waals surface area contributed by atoms with Gasteiger partial charge in [-0.25, -0.2) is 9.07 Å². The third kappa shape index (κ3) is 4.21. The van der Waals surface area contributed by atoms with Crippen LogP contribution in [0, 0.1) is 17.7 Å². The molecule has 0 spiro atoms. The molecule has 5 rings (SSSR count). The van der Waals surface area contributed by atoms with Gasteiger partial charge in [-0.1, -0.05) is 0 Å². The second-order valence-electron chi connectivity index (χ2n) is 8.24. The van der Waals surface area contributed by atoms with Gasteiger partial charge in [0.2, 0.25) is 0 Å². The molecular formula is C22H29FIN5O. The Kier molecular flexibility index (Phi) is 6.62. The van der Waals surface area contributed by atoms with Gasteiger partial charge in [0.15, 0.2) is 5.96 Å². The fourth-order valence-electron chi connectivity index (χ4n) is 5.07. The topological polar surface area (TPSA) is 54.7 Å². The normalized spacial score (nSPS) is 27.3. The average Bonchev–Trinajstić information content (AvgIpc) is 3.49. The van der Waals surface area contributed by atoms with Crippen molar-refractivity contribution in [2.75, 3.05) is 26.2 Å². The van der Waals surface area contributed by atoms with Crippen molar-refractivity contribution in [3.05, 3.63) is 48.0 Å². The molecular weight excluding hydrogens is 496 g/mol. The molecule has 1 aromatic heterocycles. The van der Waals surface area contributed by atoms with Gasteiger partial charge in [-0.05, 0) is 50.1 Å². The summed E-state index contributed by atoms with van der Waals surface area (Å²) in [6.07, 6.45) is 6.07. The van der Waals surface area contributed by atoms with Crippen molar-refractivity contribution in [2.45, 2.75) is 38.4 Å². The molecule has 4 unspecified atom stereocenters. The van der Waals surface area contributed by atoms with E-state index in [2.05, 4.69) is 22.2 Å². The lowest BCUT2D eigenvalue weighted by Crippen LogP contribution is -2.41. The van der Waals surface area contributed by atoms with E-state index in [4.69, 9.17) is 9.73 Å². The van der Waals surface area contributed by atoms with Crippen LogP contribution in [0.2, 0.25) is 0 Å². The van der Waals surface area contributed by atoms with Crippen LogP contribution in [0.4, 0.5) is 4.39 Å². The Morgan fingerprint density at radius 3 is 2.53 bits per heavy atom. The van der Waals surface area contributed by atoms with E-state index in [1.807, 2.05) is 12.3 Å². The first-order valence-electron chi connectivity index (χ1n) is 10.7. The second kappa shape index (κ2) is 9.21. The Morgan fingerprint density at radius 2 is 1.87 bits per heavy atom. The number of likely N-dealkylation sites (tertiary alicyclic amines) is 1. The summed E-state index contributed by atoms with van der Waals surface area (Å²) in [4.78, 5) is 7.29. The maximum atomic E-state index is 13.1. The Morgan fingerprint density at radius 1 is 1.17 bits per heavy atom. The average molecular weight is 525 g/mol. The van der Waals surface area contributed by atoms with E-state index in [0.29, 0.717) is 30.6 Å². The minimum atomic E-state index is -0.239. The molecule has 2 aromatic rings. The number of benzene rings is 1. The third-order valence-electron chi connectivity index (χ3n) is 6.45. The summed E-state index contributed by atoms with van der Waals surface area (Å²) >= 11 is 0. The molecule has 1 aromatic carbocycles. The van der Waals surface area contributed by atoms with Crippen molar-refractivity contribution in [3.8, 4) is 5.69 Å². The Bertz CT molecular complexity index is 868. The highest BCUT2D eigenvalue weighted by Gasteiger charge is 2.53. The molecule has 4 heterocycles. The van der Waals surface area contributed by atoms with Crippen molar-refractivity contribution in [1.82, 2.24) is 20.0 Å². The fraction of sp³-hybridized carbons (Fsp3) is 0.545. The maximum absolute atomic E-state index is 13.1. The lowest BCUT2D eigenvalue weighted by Gasteiger charge is -2.23. The fourth-order valence-corrected chi connectivity index (χ4v) is 5.07. The van der Waals surface area contributed by atoms with E-state index in [-0.39, 0.29) is 29.8 Å². The van der Waals surface area contributed by atoms with Gasteiger partial charge in [-0.3, -0.25) is 4.99 Å². The van der Waals surface area contributed by atoms with E-state index in [1.54, 1.807) is 16.8 Å². The van der Waals surface area contributed by atoms with Crippen LogP contribution < -0.4 is 5.32 Å².